The van der Waals surface area contributed by atoms with Crippen molar-refractivity contribution in [2.24, 2.45) is 5.41 Å². The Kier molecular flexibility index (Phi) is 3.82. The predicted molar refractivity (Wildman–Crippen MR) is 83.0 cm³/mol. The van der Waals surface area contributed by atoms with Crippen LogP contribution in [0.3, 0.4) is 0 Å². The number of hydrogen-bond acceptors (Lipinski definition) is 4. The molecule has 0 unspecified atom stereocenters. The van der Waals surface area contributed by atoms with Gasteiger partial charge in [0.1, 0.15) is 0 Å². The highest BCUT2D eigenvalue weighted by Gasteiger charge is 2.45. The first kappa shape index (κ1) is 14.9. The number of aliphatic carboxylic acids is 1. The standard InChI is InChI=1S/C15H16N2O4S/c18-12(7-15(14(20)21)4-1-5-15)16-9-2-3-10-11(6-9)22-8-13(19)17-10/h2-3,6H,1,4-5,7-8H2,(H,16,18)(H,17,19)(H,20,21). The first-order valence-electron chi connectivity index (χ1n) is 7.08. The minimum absolute atomic E-state index is 0.00327. The highest BCUT2D eigenvalue weighted by atomic mass is 32.2. The van der Waals surface area contributed by atoms with Gasteiger partial charge in [-0.25, -0.2) is 0 Å². The second-order valence-corrected chi connectivity index (χ2v) is 6.73. The highest BCUT2D eigenvalue weighted by Crippen LogP contribution is 2.44. The molecule has 1 aromatic carbocycles. The molecule has 0 spiro atoms. The zero-order valence-electron chi connectivity index (χ0n) is 11.8. The molecule has 1 aliphatic heterocycles. The number of carbonyl (C=O) groups excluding carboxylic acids is 2. The maximum atomic E-state index is 12.1. The van der Waals surface area contributed by atoms with Gasteiger partial charge in [-0.1, -0.05) is 6.42 Å². The zero-order chi connectivity index (χ0) is 15.7. The Morgan fingerprint density at radius 3 is 2.77 bits per heavy atom. The van der Waals surface area contributed by atoms with Crippen molar-refractivity contribution in [1.82, 2.24) is 0 Å². The number of thioether (sulfide) groups is 1. The smallest absolute Gasteiger partial charge is 0.310 e. The molecule has 0 atom stereocenters. The molecule has 1 aromatic rings. The second kappa shape index (κ2) is 5.64. The summed E-state index contributed by atoms with van der Waals surface area (Å²) < 4.78 is 0. The lowest BCUT2D eigenvalue weighted by molar-refractivity contribution is -0.157. The van der Waals surface area contributed by atoms with Crippen LogP contribution in [0.25, 0.3) is 0 Å². The molecule has 3 N–H and O–H groups in total. The molecule has 6 nitrogen and oxygen atoms in total. The number of amides is 2. The van der Waals surface area contributed by atoms with Gasteiger partial charge in [0, 0.05) is 17.0 Å². The summed E-state index contributed by atoms with van der Waals surface area (Å²) in [6, 6.07) is 5.24. The van der Waals surface area contributed by atoms with Gasteiger partial charge in [-0.15, -0.1) is 11.8 Å². The fourth-order valence-electron chi connectivity index (χ4n) is 2.73. The average Bonchev–Trinajstić information content (AvgIpc) is 2.42. The molecule has 0 radical (unpaired) electrons. The molecule has 7 heteroatoms. The van der Waals surface area contributed by atoms with E-state index in [9.17, 15) is 19.5 Å². The van der Waals surface area contributed by atoms with Crippen LogP contribution in [0.2, 0.25) is 0 Å². The van der Waals surface area contributed by atoms with Crippen LogP contribution in [0.5, 0.6) is 0 Å². The van der Waals surface area contributed by atoms with Gasteiger partial charge >= 0.3 is 5.97 Å². The summed E-state index contributed by atoms with van der Waals surface area (Å²) in [6.45, 7) is 0. The molecule has 0 bridgehead atoms. The lowest BCUT2D eigenvalue weighted by Gasteiger charge is -2.36. The molecule has 0 saturated heterocycles. The predicted octanol–water partition coefficient (Wildman–Crippen LogP) is 2.31. The minimum Gasteiger partial charge on any atom is -0.481 e. The number of carbonyl (C=O) groups is 3. The van der Waals surface area contributed by atoms with E-state index in [1.165, 1.54) is 11.8 Å². The number of rotatable bonds is 4. The molecule has 1 heterocycles. The third kappa shape index (κ3) is 2.81. The summed E-state index contributed by atoms with van der Waals surface area (Å²) in [5.74, 6) is -0.862. The van der Waals surface area contributed by atoms with Crippen LogP contribution in [-0.4, -0.2) is 28.6 Å². The molecule has 116 valence electrons. The Labute approximate surface area is 131 Å². The van der Waals surface area contributed by atoms with Crippen molar-refractivity contribution in [2.45, 2.75) is 30.6 Å². The van der Waals surface area contributed by atoms with Gasteiger partial charge in [0.2, 0.25) is 11.8 Å². The van der Waals surface area contributed by atoms with E-state index in [0.717, 1.165) is 17.0 Å². The fraction of sp³-hybridized carbons (Fsp3) is 0.400. The average molecular weight is 320 g/mol. The third-order valence-electron chi connectivity index (χ3n) is 4.16. The lowest BCUT2D eigenvalue weighted by Crippen LogP contribution is -2.41. The number of carboxylic acids is 1. The number of hydrogen-bond donors (Lipinski definition) is 3. The van der Waals surface area contributed by atoms with Crippen molar-refractivity contribution >= 4 is 40.9 Å². The van der Waals surface area contributed by atoms with Crippen molar-refractivity contribution in [2.75, 3.05) is 16.4 Å². The first-order chi connectivity index (χ1) is 10.5. The van der Waals surface area contributed by atoms with Gasteiger partial charge in [-0.05, 0) is 31.0 Å². The minimum atomic E-state index is -0.891. The van der Waals surface area contributed by atoms with Crippen molar-refractivity contribution < 1.29 is 19.5 Å². The maximum absolute atomic E-state index is 12.1. The van der Waals surface area contributed by atoms with Gasteiger partial charge in [-0.2, -0.15) is 0 Å². The van der Waals surface area contributed by atoms with Crippen LogP contribution in [0.15, 0.2) is 23.1 Å². The van der Waals surface area contributed by atoms with Crippen molar-refractivity contribution in [3.05, 3.63) is 18.2 Å². The lowest BCUT2D eigenvalue weighted by atomic mass is 9.66. The summed E-state index contributed by atoms with van der Waals surface area (Å²) >= 11 is 1.41. The fourth-order valence-corrected chi connectivity index (χ4v) is 3.58. The molecule has 2 aliphatic rings. The Balaban J connectivity index is 1.67. The van der Waals surface area contributed by atoms with E-state index in [1.807, 2.05) is 0 Å². The summed E-state index contributed by atoms with van der Waals surface area (Å²) in [4.78, 5) is 35.6. The number of benzene rings is 1. The van der Waals surface area contributed by atoms with Crippen LogP contribution >= 0.6 is 11.8 Å². The Morgan fingerprint density at radius 2 is 2.14 bits per heavy atom. The summed E-state index contributed by atoms with van der Waals surface area (Å²) in [5.41, 5.74) is 0.466. The topological polar surface area (TPSA) is 95.5 Å². The third-order valence-corrected chi connectivity index (χ3v) is 5.22. The first-order valence-corrected chi connectivity index (χ1v) is 8.07. The molecular formula is C15H16N2O4S. The Hall–Kier alpha value is -2.02. The summed E-state index contributed by atoms with van der Waals surface area (Å²) in [5, 5.41) is 14.8. The van der Waals surface area contributed by atoms with Gasteiger partial charge in [0.25, 0.3) is 0 Å². The largest absolute Gasteiger partial charge is 0.481 e. The number of fused-ring (bicyclic) bond motifs is 1. The summed E-state index contributed by atoms with van der Waals surface area (Å²) in [7, 11) is 0. The number of carboxylic acid groups (broad SMARTS) is 1. The molecule has 1 fully saturated rings. The van der Waals surface area contributed by atoms with E-state index >= 15 is 0 Å². The Morgan fingerprint density at radius 1 is 1.36 bits per heavy atom. The zero-order valence-corrected chi connectivity index (χ0v) is 12.7. The number of nitrogens with one attached hydrogen (secondary N) is 2. The number of anilines is 2. The Bertz CT molecular complexity index is 655. The molecular weight excluding hydrogens is 304 g/mol. The van der Waals surface area contributed by atoms with E-state index in [2.05, 4.69) is 10.6 Å². The van der Waals surface area contributed by atoms with Gasteiger partial charge < -0.3 is 15.7 Å². The van der Waals surface area contributed by atoms with Crippen LogP contribution < -0.4 is 10.6 Å². The van der Waals surface area contributed by atoms with E-state index in [4.69, 9.17) is 0 Å². The summed E-state index contributed by atoms with van der Waals surface area (Å²) in [6.07, 6.45) is 1.97. The molecule has 22 heavy (non-hydrogen) atoms. The van der Waals surface area contributed by atoms with Gasteiger partial charge in [0.15, 0.2) is 0 Å². The quantitative estimate of drug-likeness (QED) is 0.791. The van der Waals surface area contributed by atoms with Crippen LogP contribution in [0.4, 0.5) is 11.4 Å². The maximum Gasteiger partial charge on any atom is 0.310 e. The molecule has 2 amide bonds. The normalized spacial score (nSPS) is 18.6. The van der Waals surface area contributed by atoms with E-state index in [-0.39, 0.29) is 18.2 Å². The molecule has 0 aromatic heterocycles. The van der Waals surface area contributed by atoms with Crippen LogP contribution in [0.1, 0.15) is 25.7 Å². The van der Waals surface area contributed by atoms with E-state index in [0.29, 0.717) is 24.3 Å². The van der Waals surface area contributed by atoms with Crippen molar-refractivity contribution in [3.63, 3.8) is 0 Å². The van der Waals surface area contributed by atoms with Crippen molar-refractivity contribution in [3.8, 4) is 0 Å². The monoisotopic (exact) mass is 320 g/mol. The van der Waals surface area contributed by atoms with E-state index < -0.39 is 11.4 Å². The highest BCUT2D eigenvalue weighted by molar-refractivity contribution is 8.00. The van der Waals surface area contributed by atoms with E-state index in [1.54, 1.807) is 18.2 Å². The van der Waals surface area contributed by atoms with Gasteiger partial charge in [0.05, 0.1) is 16.9 Å². The molecule has 3 rings (SSSR count). The van der Waals surface area contributed by atoms with Crippen LogP contribution in [0, 0.1) is 5.41 Å². The van der Waals surface area contributed by atoms with Gasteiger partial charge in [-0.3, -0.25) is 14.4 Å². The van der Waals surface area contributed by atoms with Crippen molar-refractivity contribution in [1.29, 1.82) is 0 Å². The second-order valence-electron chi connectivity index (χ2n) is 5.71. The molecule has 1 saturated carbocycles. The SMILES string of the molecule is O=C(CC1(C(=O)O)CCC1)Nc1ccc2c(c1)SCC(=O)N2. The molecule has 1 aliphatic carbocycles. The van der Waals surface area contributed by atoms with Crippen LogP contribution in [-0.2, 0) is 14.4 Å².